The highest BCUT2D eigenvalue weighted by Crippen LogP contribution is 2.31. The molecule has 0 aliphatic heterocycles. The van der Waals surface area contributed by atoms with E-state index in [0.29, 0.717) is 5.02 Å². The molecule has 1 nitrogen and oxygen atoms in total. The molecule has 1 aliphatic rings. The van der Waals surface area contributed by atoms with Crippen molar-refractivity contribution in [3.05, 3.63) is 34.6 Å². The maximum Gasteiger partial charge on any atom is 0.123 e. The largest absolute Gasteiger partial charge is 0.324 e. The standard InChI is InChI=1S/C15H21ClFN/c16-14-8-7-12(17)10-13(14)15(18)9-6-11-4-2-1-3-5-11/h7-8,10-11,15H,1-6,9,18H2. The van der Waals surface area contributed by atoms with E-state index >= 15 is 0 Å². The molecule has 0 aromatic heterocycles. The minimum absolute atomic E-state index is 0.143. The van der Waals surface area contributed by atoms with Gasteiger partial charge < -0.3 is 5.73 Å². The van der Waals surface area contributed by atoms with Crippen LogP contribution in [0.25, 0.3) is 0 Å². The Bertz CT molecular complexity index is 388. The average molecular weight is 270 g/mol. The Balaban J connectivity index is 1.90. The molecule has 0 radical (unpaired) electrons. The van der Waals surface area contributed by atoms with Gasteiger partial charge in [-0.3, -0.25) is 0 Å². The zero-order chi connectivity index (χ0) is 13.0. The van der Waals surface area contributed by atoms with E-state index in [1.165, 1.54) is 44.2 Å². The molecule has 100 valence electrons. The molecule has 0 heterocycles. The molecule has 1 aromatic rings. The number of benzene rings is 1. The summed E-state index contributed by atoms with van der Waals surface area (Å²) in [6, 6.07) is 4.29. The van der Waals surface area contributed by atoms with E-state index in [0.717, 1.165) is 24.3 Å². The van der Waals surface area contributed by atoms with Gasteiger partial charge in [0.2, 0.25) is 0 Å². The summed E-state index contributed by atoms with van der Waals surface area (Å²) in [5.74, 6) is 0.541. The van der Waals surface area contributed by atoms with Gasteiger partial charge in [0.1, 0.15) is 5.82 Å². The maximum absolute atomic E-state index is 13.2. The molecule has 1 atom stereocenters. The molecule has 3 heteroatoms. The molecule has 0 spiro atoms. The van der Waals surface area contributed by atoms with Gasteiger partial charge in [-0.1, -0.05) is 43.7 Å². The zero-order valence-electron chi connectivity index (χ0n) is 10.7. The number of hydrogen-bond donors (Lipinski definition) is 1. The van der Waals surface area contributed by atoms with Crippen molar-refractivity contribution < 1.29 is 4.39 Å². The van der Waals surface area contributed by atoms with Crippen molar-refractivity contribution in [2.45, 2.75) is 51.0 Å². The lowest BCUT2D eigenvalue weighted by atomic mass is 9.84. The van der Waals surface area contributed by atoms with Crippen molar-refractivity contribution in [2.75, 3.05) is 0 Å². The van der Waals surface area contributed by atoms with Gasteiger partial charge in [-0.15, -0.1) is 0 Å². The van der Waals surface area contributed by atoms with Crippen LogP contribution >= 0.6 is 11.6 Å². The Morgan fingerprint density at radius 3 is 2.72 bits per heavy atom. The fourth-order valence-electron chi connectivity index (χ4n) is 2.85. The van der Waals surface area contributed by atoms with Gasteiger partial charge in [0.05, 0.1) is 0 Å². The fourth-order valence-corrected chi connectivity index (χ4v) is 3.10. The number of rotatable bonds is 4. The summed E-state index contributed by atoms with van der Waals surface area (Å²) in [4.78, 5) is 0. The Morgan fingerprint density at radius 1 is 1.28 bits per heavy atom. The van der Waals surface area contributed by atoms with Crippen LogP contribution in [-0.4, -0.2) is 0 Å². The maximum atomic E-state index is 13.2. The van der Waals surface area contributed by atoms with E-state index in [-0.39, 0.29) is 11.9 Å². The Hall–Kier alpha value is -0.600. The monoisotopic (exact) mass is 269 g/mol. The minimum Gasteiger partial charge on any atom is -0.324 e. The van der Waals surface area contributed by atoms with Crippen LogP contribution in [0.5, 0.6) is 0 Å². The molecular weight excluding hydrogens is 249 g/mol. The first kappa shape index (κ1) is 13.8. The topological polar surface area (TPSA) is 26.0 Å². The highest BCUT2D eigenvalue weighted by atomic mass is 35.5. The Kier molecular flexibility index (Phi) is 5.02. The molecular formula is C15H21ClFN. The second-order valence-electron chi connectivity index (χ2n) is 5.35. The third-order valence-electron chi connectivity index (χ3n) is 3.97. The van der Waals surface area contributed by atoms with Gasteiger partial charge >= 0.3 is 0 Å². The predicted molar refractivity (Wildman–Crippen MR) is 74.1 cm³/mol. The van der Waals surface area contributed by atoms with Crippen LogP contribution in [0.3, 0.4) is 0 Å². The normalized spacial score (nSPS) is 18.8. The summed E-state index contributed by atoms with van der Waals surface area (Å²) >= 11 is 6.07. The summed E-state index contributed by atoms with van der Waals surface area (Å²) in [5, 5.41) is 0.576. The van der Waals surface area contributed by atoms with E-state index in [4.69, 9.17) is 17.3 Å². The third kappa shape index (κ3) is 3.69. The van der Waals surface area contributed by atoms with E-state index in [9.17, 15) is 4.39 Å². The second kappa shape index (κ2) is 6.53. The van der Waals surface area contributed by atoms with Crippen LogP contribution in [0.15, 0.2) is 18.2 Å². The Labute approximate surface area is 114 Å². The van der Waals surface area contributed by atoms with E-state index < -0.39 is 0 Å². The number of hydrogen-bond acceptors (Lipinski definition) is 1. The first-order chi connectivity index (χ1) is 8.66. The van der Waals surface area contributed by atoms with Gasteiger partial charge in [0.15, 0.2) is 0 Å². The van der Waals surface area contributed by atoms with Crippen molar-refractivity contribution >= 4 is 11.6 Å². The quantitative estimate of drug-likeness (QED) is 0.832. The van der Waals surface area contributed by atoms with Crippen molar-refractivity contribution in [1.29, 1.82) is 0 Å². The molecule has 1 aromatic carbocycles. The lowest BCUT2D eigenvalue weighted by Crippen LogP contribution is -2.14. The van der Waals surface area contributed by atoms with Crippen molar-refractivity contribution in [3.63, 3.8) is 0 Å². The molecule has 0 amide bonds. The van der Waals surface area contributed by atoms with Crippen LogP contribution in [0, 0.1) is 11.7 Å². The first-order valence-electron chi connectivity index (χ1n) is 6.87. The molecule has 1 aliphatic carbocycles. The van der Waals surface area contributed by atoms with Gasteiger partial charge in [-0.2, -0.15) is 0 Å². The van der Waals surface area contributed by atoms with Crippen LogP contribution < -0.4 is 5.73 Å². The van der Waals surface area contributed by atoms with Gasteiger partial charge in [0.25, 0.3) is 0 Å². The van der Waals surface area contributed by atoms with Crippen LogP contribution in [0.1, 0.15) is 56.6 Å². The van der Waals surface area contributed by atoms with Crippen molar-refractivity contribution in [1.82, 2.24) is 0 Å². The van der Waals surface area contributed by atoms with Gasteiger partial charge in [0, 0.05) is 11.1 Å². The molecule has 18 heavy (non-hydrogen) atoms. The lowest BCUT2D eigenvalue weighted by molar-refractivity contribution is 0.324. The number of halogens is 2. The molecule has 2 N–H and O–H groups in total. The first-order valence-corrected chi connectivity index (χ1v) is 7.25. The highest BCUT2D eigenvalue weighted by Gasteiger charge is 2.17. The van der Waals surface area contributed by atoms with E-state index in [1.54, 1.807) is 6.07 Å². The van der Waals surface area contributed by atoms with Crippen LogP contribution in [-0.2, 0) is 0 Å². The SMILES string of the molecule is NC(CCC1CCCCC1)c1cc(F)ccc1Cl. The minimum atomic E-state index is -0.262. The highest BCUT2D eigenvalue weighted by molar-refractivity contribution is 6.31. The van der Waals surface area contributed by atoms with E-state index in [2.05, 4.69) is 0 Å². The summed E-state index contributed by atoms with van der Waals surface area (Å²) < 4.78 is 13.2. The zero-order valence-corrected chi connectivity index (χ0v) is 11.4. The molecule has 0 saturated heterocycles. The predicted octanol–water partition coefficient (Wildman–Crippen LogP) is 4.84. The van der Waals surface area contributed by atoms with Crippen molar-refractivity contribution in [2.24, 2.45) is 11.7 Å². The number of nitrogens with two attached hydrogens (primary N) is 1. The average Bonchev–Trinajstić information content (AvgIpc) is 2.40. The molecule has 1 fully saturated rings. The fraction of sp³-hybridized carbons (Fsp3) is 0.600. The summed E-state index contributed by atoms with van der Waals surface area (Å²) in [6.45, 7) is 0. The third-order valence-corrected chi connectivity index (χ3v) is 4.31. The van der Waals surface area contributed by atoms with Crippen LogP contribution in [0.2, 0.25) is 5.02 Å². The lowest BCUT2D eigenvalue weighted by Gasteiger charge is -2.23. The molecule has 1 saturated carbocycles. The molecule has 2 rings (SSSR count). The summed E-state index contributed by atoms with van der Waals surface area (Å²) in [6.07, 6.45) is 8.74. The van der Waals surface area contributed by atoms with Gasteiger partial charge in [-0.25, -0.2) is 4.39 Å². The van der Waals surface area contributed by atoms with Crippen molar-refractivity contribution in [3.8, 4) is 0 Å². The van der Waals surface area contributed by atoms with E-state index in [1.807, 2.05) is 0 Å². The smallest absolute Gasteiger partial charge is 0.123 e. The summed E-state index contributed by atoms with van der Waals surface area (Å²) in [5.41, 5.74) is 6.87. The van der Waals surface area contributed by atoms with Crippen LogP contribution in [0.4, 0.5) is 4.39 Å². The molecule has 1 unspecified atom stereocenters. The van der Waals surface area contributed by atoms with Gasteiger partial charge in [-0.05, 0) is 42.5 Å². The Morgan fingerprint density at radius 2 is 2.00 bits per heavy atom. The summed E-state index contributed by atoms with van der Waals surface area (Å²) in [7, 11) is 0. The second-order valence-corrected chi connectivity index (χ2v) is 5.76. The molecule has 0 bridgehead atoms.